The van der Waals surface area contributed by atoms with Gasteiger partial charge >= 0.3 is 0 Å². The van der Waals surface area contributed by atoms with Crippen LogP contribution in [-0.4, -0.2) is 37.5 Å². The smallest absolute Gasteiger partial charge is 0.183 e. The number of likely N-dealkylation sites (N-methyl/N-ethyl adjacent to an activating group) is 1. The number of halogens is 1. The summed E-state index contributed by atoms with van der Waals surface area (Å²) in [6.45, 7) is 6.68. The molecule has 0 spiro atoms. The number of hydrogen-bond donors (Lipinski definition) is 0. The number of hydrogen-bond acceptors (Lipinski definition) is 1. The first-order valence-electron chi connectivity index (χ1n) is 3.40. The van der Waals surface area contributed by atoms with Crippen molar-refractivity contribution in [3.05, 3.63) is 12.7 Å². The highest BCUT2D eigenvalue weighted by atomic mass is 79.9. The molecule has 0 rings (SSSR count). The van der Waals surface area contributed by atoms with Crippen molar-refractivity contribution in [2.24, 2.45) is 0 Å². The maximum atomic E-state index is 10.7. The number of quaternary nitrogens is 1. The van der Waals surface area contributed by atoms with Gasteiger partial charge in [0, 0.05) is 6.92 Å². The molecular formula is C8H16BrNO. The van der Waals surface area contributed by atoms with Crippen LogP contribution in [0, 0.1) is 0 Å². The maximum Gasteiger partial charge on any atom is 0.183 e. The predicted octanol–water partition coefficient (Wildman–Crippen LogP) is -2.16. The summed E-state index contributed by atoms with van der Waals surface area (Å²) < 4.78 is 0.707. The van der Waals surface area contributed by atoms with Crippen LogP contribution < -0.4 is 17.0 Å². The summed E-state index contributed by atoms with van der Waals surface area (Å²) in [6, 6.07) is 0. The van der Waals surface area contributed by atoms with E-state index in [1.807, 2.05) is 20.2 Å². The van der Waals surface area contributed by atoms with Gasteiger partial charge in [-0.3, -0.25) is 4.79 Å². The van der Waals surface area contributed by atoms with Crippen molar-refractivity contribution in [3.8, 4) is 0 Å². The lowest BCUT2D eigenvalue weighted by Crippen LogP contribution is -3.00. The van der Waals surface area contributed by atoms with Crippen molar-refractivity contribution in [2.75, 3.05) is 27.2 Å². The zero-order chi connectivity index (χ0) is 8.20. The molecule has 0 saturated heterocycles. The number of carbonyl (C=O) groups is 1. The van der Waals surface area contributed by atoms with Crippen LogP contribution in [0.3, 0.4) is 0 Å². The van der Waals surface area contributed by atoms with Gasteiger partial charge in [-0.2, -0.15) is 0 Å². The largest absolute Gasteiger partial charge is 1.00 e. The molecule has 11 heavy (non-hydrogen) atoms. The van der Waals surface area contributed by atoms with Crippen molar-refractivity contribution in [3.63, 3.8) is 0 Å². The van der Waals surface area contributed by atoms with E-state index < -0.39 is 0 Å². The molecule has 0 atom stereocenters. The summed E-state index contributed by atoms with van der Waals surface area (Å²) in [6.07, 6.45) is 1.84. The van der Waals surface area contributed by atoms with Crippen molar-refractivity contribution < 1.29 is 26.3 Å². The van der Waals surface area contributed by atoms with Crippen LogP contribution in [0.5, 0.6) is 0 Å². The van der Waals surface area contributed by atoms with E-state index in [0.717, 1.165) is 6.54 Å². The molecule has 66 valence electrons. The second kappa shape index (κ2) is 5.49. The molecule has 0 aliphatic carbocycles. The van der Waals surface area contributed by atoms with Gasteiger partial charge in [0.05, 0.1) is 20.6 Å². The second-order valence-corrected chi connectivity index (χ2v) is 3.27. The summed E-state index contributed by atoms with van der Waals surface area (Å²) in [4.78, 5) is 10.7. The fourth-order valence-electron chi connectivity index (χ4n) is 1.02. The Bertz CT molecular complexity index is 143. The molecule has 0 saturated carbocycles. The van der Waals surface area contributed by atoms with E-state index >= 15 is 0 Å². The Balaban J connectivity index is 0. The summed E-state index contributed by atoms with van der Waals surface area (Å²) in [5.41, 5.74) is 0. The molecule has 0 aliphatic rings. The Hall–Kier alpha value is -0.150. The highest BCUT2D eigenvalue weighted by molar-refractivity contribution is 5.76. The predicted molar refractivity (Wildman–Crippen MR) is 42.7 cm³/mol. The van der Waals surface area contributed by atoms with Crippen LogP contribution in [0.2, 0.25) is 0 Å². The van der Waals surface area contributed by atoms with Crippen LogP contribution in [0.25, 0.3) is 0 Å². The second-order valence-electron chi connectivity index (χ2n) is 3.27. The highest BCUT2D eigenvalue weighted by Crippen LogP contribution is 1.95. The van der Waals surface area contributed by atoms with E-state index in [1.54, 1.807) is 6.92 Å². The highest BCUT2D eigenvalue weighted by Gasteiger charge is 2.14. The Morgan fingerprint density at radius 3 is 2.27 bits per heavy atom. The van der Waals surface area contributed by atoms with Crippen molar-refractivity contribution in [1.29, 1.82) is 0 Å². The Morgan fingerprint density at radius 1 is 1.55 bits per heavy atom. The monoisotopic (exact) mass is 221 g/mol. The van der Waals surface area contributed by atoms with E-state index in [4.69, 9.17) is 0 Å². The van der Waals surface area contributed by atoms with Crippen molar-refractivity contribution >= 4 is 5.78 Å². The zero-order valence-corrected chi connectivity index (χ0v) is 9.02. The number of Topliss-reactive ketones (excluding diaryl/α,β-unsaturated/α-hetero) is 1. The molecule has 0 aromatic rings. The number of nitrogens with zero attached hydrogens (tertiary/aromatic N) is 1. The van der Waals surface area contributed by atoms with Crippen LogP contribution in [0.15, 0.2) is 12.7 Å². The van der Waals surface area contributed by atoms with E-state index in [0.29, 0.717) is 11.0 Å². The van der Waals surface area contributed by atoms with Gasteiger partial charge in [-0.25, -0.2) is 0 Å². The molecule has 0 bridgehead atoms. The van der Waals surface area contributed by atoms with E-state index in [9.17, 15) is 4.79 Å². The Kier molecular flexibility index (Phi) is 6.71. The SMILES string of the molecule is C=CC[N+](C)(C)CC(C)=O.[Br-]. The Morgan fingerprint density at radius 2 is 2.00 bits per heavy atom. The average molecular weight is 222 g/mol. The molecule has 0 heterocycles. The minimum atomic E-state index is 0. The van der Waals surface area contributed by atoms with Gasteiger partial charge in [-0.05, 0) is 6.08 Å². The van der Waals surface area contributed by atoms with Crippen LogP contribution >= 0.6 is 0 Å². The third kappa shape index (κ3) is 7.75. The van der Waals surface area contributed by atoms with Gasteiger partial charge in [-0.1, -0.05) is 6.58 Å². The molecule has 0 unspecified atom stereocenters. The standard InChI is InChI=1S/C8H16NO.BrH/c1-5-6-9(3,4)7-8(2)10;/h5H,1,6-7H2,2-4H3;1H/q+1;/p-1. The van der Waals surface area contributed by atoms with Gasteiger partial charge in [0.1, 0.15) is 6.54 Å². The minimum Gasteiger partial charge on any atom is -1.00 e. The molecule has 0 amide bonds. The van der Waals surface area contributed by atoms with Crippen molar-refractivity contribution in [2.45, 2.75) is 6.92 Å². The summed E-state index contributed by atoms with van der Waals surface area (Å²) >= 11 is 0. The van der Waals surface area contributed by atoms with E-state index in [1.165, 1.54) is 0 Å². The Labute approximate surface area is 79.2 Å². The van der Waals surface area contributed by atoms with Gasteiger partial charge in [-0.15, -0.1) is 0 Å². The molecule has 0 aromatic carbocycles. The lowest BCUT2D eigenvalue weighted by atomic mass is 10.3. The lowest BCUT2D eigenvalue weighted by molar-refractivity contribution is -0.876. The zero-order valence-electron chi connectivity index (χ0n) is 7.43. The first kappa shape index (κ1) is 13.4. The van der Waals surface area contributed by atoms with Gasteiger partial charge in [0.2, 0.25) is 0 Å². The summed E-state index contributed by atoms with van der Waals surface area (Å²) in [7, 11) is 4.03. The first-order chi connectivity index (χ1) is 4.48. The molecule has 0 N–H and O–H groups in total. The molecule has 2 nitrogen and oxygen atoms in total. The van der Waals surface area contributed by atoms with Crippen LogP contribution in [-0.2, 0) is 4.79 Å². The number of ketones is 1. The lowest BCUT2D eigenvalue weighted by Gasteiger charge is -2.26. The van der Waals surface area contributed by atoms with E-state index in [-0.39, 0.29) is 22.8 Å². The van der Waals surface area contributed by atoms with Gasteiger partial charge in [0.15, 0.2) is 5.78 Å². The molecular weight excluding hydrogens is 206 g/mol. The first-order valence-corrected chi connectivity index (χ1v) is 3.40. The summed E-state index contributed by atoms with van der Waals surface area (Å²) in [5.74, 6) is 0.229. The van der Waals surface area contributed by atoms with Crippen LogP contribution in [0.4, 0.5) is 0 Å². The molecule has 3 heteroatoms. The number of rotatable bonds is 4. The molecule has 0 radical (unpaired) electrons. The third-order valence-corrected chi connectivity index (χ3v) is 1.27. The molecule has 0 aliphatic heterocycles. The normalized spacial score (nSPS) is 10.1. The third-order valence-electron chi connectivity index (χ3n) is 1.27. The maximum absolute atomic E-state index is 10.7. The molecule has 0 aromatic heterocycles. The average Bonchev–Trinajstić information content (AvgIpc) is 1.59. The fourth-order valence-corrected chi connectivity index (χ4v) is 1.02. The number of carbonyl (C=O) groups excluding carboxylic acids is 1. The van der Waals surface area contributed by atoms with Gasteiger partial charge in [0.25, 0.3) is 0 Å². The van der Waals surface area contributed by atoms with E-state index in [2.05, 4.69) is 6.58 Å². The topological polar surface area (TPSA) is 17.1 Å². The minimum absolute atomic E-state index is 0. The quantitative estimate of drug-likeness (QED) is 0.391. The summed E-state index contributed by atoms with van der Waals surface area (Å²) in [5, 5.41) is 0. The van der Waals surface area contributed by atoms with Crippen molar-refractivity contribution in [1.82, 2.24) is 0 Å². The van der Waals surface area contributed by atoms with Gasteiger partial charge < -0.3 is 21.5 Å². The fraction of sp³-hybridized carbons (Fsp3) is 0.625. The molecule has 0 fully saturated rings. The van der Waals surface area contributed by atoms with Crippen LogP contribution in [0.1, 0.15) is 6.92 Å².